The second-order valence-corrected chi connectivity index (χ2v) is 7.20. The summed E-state index contributed by atoms with van der Waals surface area (Å²) in [6.45, 7) is 0. The van der Waals surface area contributed by atoms with E-state index in [4.69, 9.17) is 0 Å². The molecule has 29 heavy (non-hydrogen) atoms. The van der Waals surface area contributed by atoms with Crippen LogP contribution in [0.1, 0.15) is 15.2 Å². The maximum absolute atomic E-state index is 13.0. The van der Waals surface area contributed by atoms with Gasteiger partial charge < -0.3 is 9.88 Å². The van der Waals surface area contributed by atoms with Crippen LogP contribution in [-0.4, -0.2) is 10.5 Å². The lowest BCUT2D eigenvalue weighted by Gasteiger charge is -2.12. The van der Waals surface area contributed by atoms with Crippen LogP contribution in [0, 0.1) is 0 Å². The first-order chi connectivity index (χ1) is 13.9. The number of rotatable bonds is 4. The van der Waals surface area contributed by atoms with Gasteiger partial charge in [0.1, 0.15) is 4.88 Å². The summed E-state index contributed by atoms with van der Waals surface area (Å²) >= 11 is 1.25. The van der Waals surface area contributed by atoms with E-state index < -0.39 is 17.6 Å². The molecule has 3 nitrogen and oxygen atoms in total. The fourth-order valence-corrected chi connectivity index (χ4v) is 4.00. The molecule has 7 heteroatoms. The number of nitrogens with one attached hydrogen (secondary N) is 1. The summed E-state index contributed by atoms with van der Waals surface area (Å²) in [5.41, 5.74) is 1.80. The van der Waals surface area contributed by atoms with Gasteiger partial charge in [0, 0.05) is 29.0 Å². The summed E-state index contributed by atoms with van der Waals surface area (Å²) in [7, 11) is 0. The van der Waals surface area contributed by atoms with Crippen LogP contribution >= 0.6 is 11.3 Å². The van der Waals surface area contributed by atoms with Gasteiger partial charge in [-0.25, -0.2) is 0 Å². The van der Waals surface area contributed by atoms with Crippen LogP contribution in [0.3, 0.4) is 0 Å². The molecule has 4 aromatic rings. The number of carbonyl (C=O) groups excluding carboxylic acids is 1. The number of carbonyl (C=O) groups is 1. The summed E-state index contributed by atoms with van der Waals surface area (Å²) < 4.78 is 40.7. The summed E-state index contributed by atoms with van der Waals surface area (Å²) in [5, 5.41) is 4.48. The highest BCUT2D eigenvalue weighted by atomic mass is 32.1. The Morgan fingerprint density at radius 1 is 0.931 bits per heavy atom. The van der Waals surface area contributed by atoms with Crippen LogP contribution in [0.15, 0.2) is 84.5 Å². The topological polar surface area (TPSA) is 34.0 Å². The SMILES string of the molecule is O=C(Nc1cccc(C(F)(F)F)c1)c1scc(-c2ccccc2)c1-n1cccc1. The molecule has 2 aromatic carbocycles. The number of alkyl halides is 3. The van der Waals surface area contributed by atoms with Crippen molar-refractivity contribution in [3.05, 3.63) is 94.9 Å². The number of benzene rings is 2. The number of amides is 1. The van der Waals surface area contributed by atoms with Crippen molar-refractivity contribution in [2.75, 3.05) is 5.32 Å². The van der Waals surface area contributed by atoms with Gasteiger partial charge in [0.25, 0.3) is 5.91 Å². The summed E-state index contributed by atoms with van der Waals surface area (Å²) in [6, 6.07) is 17.9. The lowest BCUT2D eigenvalue weighted by molar-refractivity contribution is -0.137. The van der Waals surface area contributed by atoms with E-state index in [1.165, 1.54) is 23.5 Å². The second kappa shape index (κ2) is 7.60. The molecule has 0 aliphatic heterocycles. The Morgan fingerprint density at radius 3 is 2.34 bits per heavy atom. The Balaban J connectivity index is 1.72. The molecule has 0 bridgehead atoms. The molecule has 1 amide bonds. The first-order valence-electron chi connectivity index (χ1n) is 8.72. The average molecular weight is 412 g/mol. The molecular formula is C22H15F3N2OS. The number of anilines is 1. The zero-order chi connectivity index (χ0) is 20.4. The Morgan fingerprint density at radius 2 is 1.66 bits per heavy atom. The lowest BCUT2D eigenvalue weighted by Crippen LogP contribution is -2.14. The zero-order valence-corrected chi connectivity index (χ0v) is 15.8. The third-order valence-corrected chi connectivity index (χ3v) is 5.33. The van der Waals surface area contributed by atoms with Crippen LogP contribution in [0.5, 0.6) is 0 Å². The van der Waals surface area contributed by atoms with Crippen molar-refractivity contribution in [3.8, 4) is 16.8 Å². The quantitative estimate of drug-likeness (QED) is 0.409. The van der Waals surface area contributed by atoms with E-state index in [1.807, 2.05) is 64.8 Å². The highest BCUT2D eigenvalue weighted by Crippen LogP contribution is 2.36. The van der Waals surface area contributed by atoms with Gasteiger partial charge in [0.2, 0.25) is 0 Å². The smallest absolute Gasteiger partial charge is 0.322 e. The summed E-state index contributed by atoms with van der Waals surface area (Å²) in [4.78, 5) is 13.4. The zero-order valence-electron chi connectivity index (χ0n) is 15.0. The van der Waals surface area contributed by atoms with Crippen LogP contribution in [0.4, 0.5) is 18.9 Å². The van der Waals surface area contributed by atoms with Gasteiger partial charge in [-0.1, -0.05) is 36.4 Å². The van der Waals surface area contributed by atoms with Gasteiger partial charge in [-0.3, -0.25) is 4.79 Å². The van der Waals surface area contributed by atoms with Crippen molar-refractivity contribution in [1.82, 2.24) is 4.57 Å². The Kier molecular flexibility index (Phi) is 4.98. The molecule has 0 aliphatic rings. The number of nitrogens with zero attached hydrogens (tertiary/aromatic N) is 1. The van der Waals surface area contributed by atoms with E-state index in [9.17, 15) is 18.0 Å². The van der Waals surface area contributed by atoms with E-state index in [2.05, 4.69) is 5.32 Å². The average Bonchev–Trinajstić information content (AvgIpc) is 3.37. The molecule has 2 aromatic heterocycles. The molecule has 0 aliphatic carbocycles. The summed E-state index contributed by atoms with van der Waals surface area (Å²) in [6.07, 6.45) is -0.814. The van der Waals surface area contributed by atoms with Crippen molar-refractivity contribution < 1.29 is 18.0 Å². The second-order valence-electron chi connectivity index (χ2n) is 6.32. The van der Waals surface area contributed by atoms with Crippen molar-refractivity contribution in [3.63, 3.8) is 0 Å². The Labute approximate surface area is 169 Å². The maximum atomic E-state index is 13.0. The van der Waals surface area contributed by atoms with Crippen LogP contribution in [0.2, 0.25) is 0 Å². The number of aromatic nitrogens is 1. The fraction of sp³-hybridized carbons (Fsp3) is 0.0455. The van der Waals surface area contributed by atoms with Gasteiger partial charge >= 0.3 is 6.18 Å². The van der Waals surface area contributed by atoms with Crippen molar-refractivity contribution >= 4 is 22.9 Å². The first-order valence-corrected chi connectivity index (χ1v) is 9.60. The minimum absolute atomic E-state index is 0.0953. The Bertz CT molecular complexity index is 1130. The minimum Gasteiger partial charge on any atom is -0.322 e. The standard InChI is InChI=1S/C22H15F3N2OS/c23-22(24,25)16-9-6-10-17(13-16)26-21(28)20-19(27-11-4-5-12-27)18(14-29-20)15-7-2-1-3-8-15/h1-14H,(H,26,28). The molecule has 4 rings (SSSR count). The van der Waals surface area contributed by atoms with Crippen molar-refractivity contribution in [1.29, 1.82) is 0 Å². The van der Waals surface area contributed by atoms with Gasteiger partial charge in [0.15, 0.2) is 0 Å². The van der Waals surface area contributed by atoms with Gasteiger partial charge in [-0.15, -0.1) is 11.3 Å². The van der Waals surface area contributed by atoms with Crippen molar-refractivity contribution in [2.45, 2.75) is 6.18 Å². The first kappa shape index (κ1) is 19.0. The summed E-state index contributed by atoms with van der Waals surface area (Å²) in [5.74, 6) is -0.458. The monoisotopic (exact) mass is 412 g/mol. The van der Waals surface area contributed by atoms with E-state index >= 15 is 0 Å². The third kappa shape index (κ3) is 3.95. The molecule has 0 radical (unpaired) electrons. The predicted molar refractivity (Wildman–Crippen MR) is 108 cm³/mol. The maximum Gasteiger partial charge on any atom is 0.416 e. The molecule has 2 heterocycles. The normalized spacial score (nSPS) is 11.4. The van der Waals surface area contributed by atoms with Crippen molar-refractivity contribution in [2.24, 2.45) is 0 Å². The lowest BCUT2D eigenvalue weighted by atomic mass is 10.1. The molecule has 0 unspecified atom stereocenters. The van der Waals surface area contributed by atoms with Gasteiger partial charge in [-0.05, 0) is 35.9 Å². The highest BCUT2D eigenvalue weighted by molar-refractivity contribution is 7.13. The number of hydrogen-bond donors (Lipinski definition) is 1. The van der Waals surface area contributed by atoms with E-state index in [1.54, 1.807) is 0 Å². The van der Waals surface area contributed by atoms with E-state index in [0.717, 1.165) is 23.3 Å². The molecule has 0 saturated heterocycles. The van der Waals surface area contributed by atoms with Crippen LogP contribution in [0.25, 0.3) is 16.8 Å². The van der Waals surface area contributed by atoms with Gasteiger partial charge in [-0.2, -0.15) is 13.2 Å². The number of thiophene rings is 1. The fourth-order valence-electron chi connectivity index (χ4n) is 3.04. The third-order valence-electron chi connectivity index (χ3n) is 4.37. The van der Waals surface area contributed by atoms with E-state index in [0.29, 0.717) is 10.6 Å². The van der Waals surface area contributed by atoms with E-state index in [-0.39, 0.29) is 5.69 Å². The molecule has 0 fully saturated rings. The molecule has 0 atom stereocenters. The molecule has 146 valence electrons. The predicted octanol–water partition coefficient (Wildman–Crippen LogP) is 6.48. The number of halogens is 3. The minimum atomic E-state index is -4.47. The van der Waals surface area contributed by atoms with Crippen LogP contribution < -0.4 is 5.32 Å². The van der Waals surface area contributed by atoms with Crippen LogP contribution in [-0.2, 0) is 6.18 Å². The Hall–Kier alpha value is -3.32. The number of hydrogen-bond acceptors (Lipinski definition) is 2. The molecule has 0 saturated carbocycles. The largest absolute Gasteiger partial charge is 0.416 e. The molecule has 1 N–H and O–H groups in total. The van der Waals surface area contributed by atoms with Gasteiger partial charge in [0.05, 0.1) is 11.3 Å². The molecular weight excluding hydrogens is 397 g/mol. The highest BCUT2D eigenvalue weighted by Gasteiger charge is 2.30. The molecule has 0 spiro atoms.